The van der Waals surface area contributed by atoms with E-state index in [-0.39, 0.29) is 6.10 Å². The third-order valence-electron chi connectivity index (χ3n) is 3.29. The predicted molar refractivity (Wildman–Crippen MR) is 74.8 cm³/mol. The fraction of sp³-hybridized carbons (Fsp3) is 0.600. The molecule has 1 aliphatic heterocycles. The predicted octanol–water partition coefficient (Wildman–Crippen LogP) is 1.92. The van der Waals surface area contributed by atoms with Gasteiger partial charge in [-0.15, -0.1) is 0 Å². The Balaban J connectivity index is 1.70. The fourth-order valence-corrected chi connectivity index (χ4v) is 2.33. The van der Waals surface area contributed by atoms with Crippen LogP contribution in [0.4, 0.5) is 0 Å². The first-order valence-corrected chi connectivity index (χ1v) is 7.04. The van der Waals surface area contributed by atoms with Gasteiger partial charge in [0.1, 0.15) is 18.1 Å². The lowest BCUT2D eigenvalue weighted by molar-refractivity contribution is 0.0633. The van der Waals surface area contributed by atoms with E-state index in [9.17, 15) is 5.11 Å². The number of likely N-dealkylation sites (tertiary alicyclic amines) is 1. The summed E-state index contributed by atoms with van der Waals surface area (Å²) >= 11 is 0. The SMILES string of the molecule is CCOc1ccc(OCCN2CCC[C@H](O)C2)cc1. The van der Waals surface area contributed by atoms with Gasteiger partial charge in [-0.2, -0.15) is 0 Å². The number of nitrogens with zero attached hydrogens (tertiary/aromatic N) is 1. The van der Waals surface area contributed by atoms with Gasteiger partial charge >= 0.3 is 0 Å². The van der Waals surface area contributed by atoms with Gasteiger partial charge in [0.15, 0.2) is 0 Å². The zero-order valence-corrected chi connectivity index (χ0v) is 11.5. The minimum Gasteiger partial charge on any atom is -0.494 e. The smallest absolute Gasteiger partial charge is 0.119 e. The number of hydrogen-bond donors (Lipinski definition) is 1. The molecule has 2 rings (SSSR count). The lowest BCUT2D eigenvalue weighted by Gasteiger charge is -2.29. The highest BCUT2D eigenvalue weighted by Gasteiger charge is 2.16. The molecule has 1 heterocycles. The van der Waals surface area contributed by atoms with Crippen molar-refractivity contribution in [3.8, 4) is 11.5 Å². The molecule has 1 aliphatic rings. The molecule has 1 atom stereocenters. The maximum Gasteiger partial charge on any atom is 0.119 e. The van der Waals surface area contributed by atoms with Crippen molar-refractivity contribution in [3.05, 3.63) is 24.3 Å². The van der Waals surface area contributed by atoms with E-state index in [2.05, 4.69) is 4.90 Å². The van der Waals surface area contributed by atoms with Crippen LogP contribution in [-0.2, 0) is 0 Å². The largest absolute Gasteiger partial charge is 0.494 e. The molecule has 4 nitrogen and oxygen atoms in total. The number of benzene rings is 1. The number of ether oxygens (including phenoxy) is 2. The molecule has 4 heteroatoms. The molecule has 0 spiro atoms. The van der Waals surface area contributed by atoms with Crippen LogP contribution in [0.15, 0.2) is 24.3 Å². The van der Waals surface area contributed by atoms with Gasteiger partial charge < -0.3 is 14.6 Å². The summed E-state index contributed by atoms with van der Waals surface area (Å²) in [5, 5.41) is 9.58. The first-order valence-electron chi connectivity index (χ1n) is 7.04. The Hall–Kier alpha value is -1.26. The van der Waals surface area contributed by atoms with Crippen LogP contribution in [0, 0.1) is 0 Å². The van der Waals surface area contributed by atoms with Crippen LogP contribution in [-0.4, -0.2) is 49.0 Å². The molecule has 1 saturated heterocycles. The summed E-state index contributed by atoms with van der Waals surface area (Å²) in [5.41, 5.74) is 0. The molecule has 1 N–H and O–H groups in total. The second-order valence-electron chi connectivity index (χ2n) is 4.85. The monoisotopic (exact) mass is 265 g/mol. The first kappa shape index (κ1) is 14.2. The fourth-order valence-electron chi connectivity index (χ4n) is 2.33. The van der Waals surface area contributed by atoms with Gasteiger partial charge in [-0.05, 0) is 50.6 Å². The van der Waals surface area contributed by atoms with Crippen molar-refractivity contribution in [3.63, 3.8) is 0 Å². The molecule has 0 bridgehead atoms. The highest BCUT2D eigenvalue weighted by molar-refractivity contribution is 5.31. The third-order valence-corrected chi connectivity index (χ3v) is 3.29. The Kier molecular flexibility index (Phi) is 5.48. The lowest BCUT2D eigenvalue weighted by atomic mass is 10.1. The van der Waals surface area contributed by atoms with Crippen molar-refractivity contribution in [2.45, 2.75) is 25.9 Å². The first-order chi connectivity index (χ1) is 9.28. The van der Waals surface area contributed by atoms with Crippen molar-refractivity contribution < 1.29 is 14.6 Å². The summed E-state index contributed by atoms with van der Waals surface area (Å²) in [6.45, 7) is 6.00. The summed E-state index contributed by atoms with van der Waals surface area (Å²) in [6.07, 6.45) is 1.83. The maximum atomic E-state index is 9.58. The molecule has 0 amide bonds. The summed E-state index contributed by atoms with van der Waals surface area (Å²) in [5.74, 6) is 1.73. The average molecular weight is 265 g/mol. The van der Waals surface area contributed by atoms with Gasteiger partial charge in [0, 0.05) is 13.1 Å². The summed E-state index contributed by atoms with van der Waals surface area (Å²) in [4.78, 5) is 2.25. The Morgan fingerprint density at radius 2 is 1.89 bits per heavy atom. The molecule has 0 unspecified atom stereocenters. The van der Waals surface area contributed by atoms with Crippen molar-refractivity contribution in [2.24, 2.45) is 0 Å². The molecular formula is C15H23NO3. The minimum absolute atomic E-state index is 0.167. The summed E-state index contributed by atoms with van der Waals surface area (Å²) < 4.78 is 11.1. The van der Waals surface area contributed by atoms with Crippen LogP contribution in [0.2, 0.25) is 0 Å². The number of hydrogen-bond acceptors (Lipinski definition) is 4. The van der Waals surface area contributed by atoms with E-state index in [1.807, 2.05) is 31.2 Å². The van der Waals surface area contributed by atoms with E-state index < -0.39 is 0 Å². The normalized spacial score (nSPS) is 20.2. The van der Waals surface area contributed by atoms with E-state index in [1.165, 1.54) is 0 Å². The molecule has 1 fully saturated rings. The minimum atomic E-state index is -0.167. The molecule has 106 valence electrons. The highest BCUT2D eigenvalue weighted by Crippen LogP contribution is 2.17. The zero-order valence-electron chi connectivity index (χ0n) is 11.5. The second-order valence-corrected chi connectivity index (χ2v) is 4.85. The van der Waals surface area contributed by atoms with Crippen molar-refractivity contribution in [1.29, 1.82) is 0 Å². The Labute approximate surface area is 114 Å². The Morgan fingerprint density at radius 1 is 1.21 bits per heavy atom. The molecule has 1 aromatic carbocycles. The molecule has 0 saturated carbocycles. The number of β-amino-alcohol motifs (C(OH)–C–C–N with tert-alkyl or cyclic N) is 1. The van der Waals surface area contributed by atoms with Crippen LogP contribution < -0.4 is 9.47 Å². The number of piperidine rings is 1. The van der Waals surface area contributed by atoms with Crippen molar-refractivity contribution in [1.82, 2.24) is 4.90 Å². The van der Waals surface area contributed by atoms with Crippen LogP contribution in [0.25, 0.3) is 0 Å². The lowest BCUT2D eigenvalue weighted by Crippen LogP contribution is -2.40. The average Bonchev–Trinajstić information content (AvgIpc) is 2.41. The van der Waals surface area contributed by atoms with Gasteiger partial charge in [0.2, 0.25) is 0 Å². The topological polar surface area (TPSA) is 41.9 Å². The number of aliphatic hydroxyl groups is 1. The van der Waals surface area contributed by atoms with Crippen molar-refractivity contribution in [2.75, 3.05) is 32.8 Å². The molecule has 1 aromatic rings. The van der Waals surface area contributed by atoms with Crippen molar-refractivity contribution >= 4 is 0 Å². The summed E-state index contributed by atoms with van der Waals surface area (Å²) in [7, 11) is 0. The van der Waals surface area contributed by atoms with E-state index in [0.717, 1.165) is 44.0 Å². The van der Waals surface area contributed by atoms with E-state index in [4.69, 9.17) is 9.47 Å². The molecule has 0 aromatic heterocycles. The number of aliphatic hydroxyl groups excluding tert-OH is 1. The van der Waals surface area contributed by atoms with Crippen LogP contribution in [0.1, 0.15) is 19.8 Å². The van der Waals surface area contributed by atoms with Gasteiger partial charge in [-0.1, -0.05) is 0 Å². The molecular weight excluding hydrogens is 242 g/mol. The zero-order chi connectivity index (χ0) is 13.5. The Morgan fingerprint density at radius 3 is 2.53 bits per heavy atom. The standard InChI is InChI=1S/C15H23NO3/c1-2-18-14-5-7-15(8-6-14)19-11-10-16-9-3-4-13(17)12-16/h5-8,13,17H,2-4,9-12H2,1H3/t13-/m0/s1. The maximum absolute atomic E-state index is 9.58. The molecule has 0 aliphatic carbocycles. The van der Waals surface area contributed by atoms with E-state index >= 15 is 0 Å². The van der Waals surface area contributed by atoms with Gasteiger partial charge in [-0.3, -0.25) is 4.90 Å². The van der Waals surface area contributed by atoms with Gasteiger partial charge in [-0.25, -0.2) is 0 Å². The van der Waals surface area contributed by atoms with Gasteiger partial charge in [0.05, 0.1) is 12.7 Å². The second kappa shape index (κ2) is 7.36. The molecule has 19 heavy (non-hydrogen) atoms. The Bertz CT molecular complexity index is 366. The highest BCUT2D eigenvalue weighted by atomic mass is 16.5. The van der Waals surface area contributed by atoms with Crippen LogP contribution >= 0.6 is 0 Å². The van der Waals surface area contributed by atoms with E-state index in [0.29, 0.717) is 13.2 Å². The van der Waals surface area contributed by atoms with Gasteiger partial charge in [0.25, 0.3) is 0 Å². The quantitative estimate of drug-likeness (QED) is 0.853. The number of rotatable bonds is 6. The summed E-state index contributed by atoms with van der Waals surface area (Å²) in [6, 6.07) is 7.69. The van der Waals surface area contributed by atoms with E-state index in [1.54, 1.807) is 0 Å². The van der Waals surface area contributed by atoms with Crippen LogP contribution in [0.5, 0.6) is 11.5 Å². The third kappa shape index (κ3) is 4.73. The van der Waals surface area contributed by atoms with Crippen LogP contribution in [0.3, 0.4) is 0 Å². The molecule has 0 radical (unpaired) electrons.